The molecule has 0 amide bonds. The Labute approximate surface area is 127 Å². The lowest BCUT2D eigenvalue weighted by Gasteiger charge is -2.36. The Bertz CT molecular complexity index is 702. The second-order valence-corrected chi connectivity index (χ2v) is 7.88. The minimum atomic E-state index is -0.0494. The average molecular weight is 280 g/mol. The molecule has 0 saturated carbocycles. The van der Waals surface area contributed by atoms with Gasteiger partial charge in [-0.2, -0.15) is 0 Å². The third kappa shape index (κ3) is 2.25. The van der Waals surface area contributed by atoms with E-state index in [0.29, 0.717) is 5.75 Å². The smallest absolute Gasteiger partial charge is 0.119 e. The van der Waals surface area contributed by atoms with Crippen LogP contribution in [0.2, 0.25) is 0 Å². The molecule has 2 aromatic carbocycles. The number of phenolic OH excluding ortho intramolecular Hbond substituents is 1. The summed E-state index contributed by atoms with van der Waals surface area (Å²) in [4.78, 5) is 0. The number of benzene rings is 2. The fourth-order valence-corrected chi connectivity index (χ4v) is 3.48. The predicted octanol–water partition coefficient (Wildman–Crippen LogP) is 5.19. The van der Waals surface area contributed by atoms with Crippen LogP contribution in [-0.2, 0) is 17.3 Å². The summed E-state index contributed by atoms with van der Waals surface area (Å²) in [5, 5.41) is 10.5. The lowest BCUT2D eigenvalue weighted by Crippen LogP contribution is -2.26. The van der Waals surface area contributed by atoms with E-state index < -0.39 is 0 Å². The van der Waals surface area contributed by atoms with Crippen molar-refractivity contribution in [2.75, 3.05) is 0 Å². The van der Waals surface area contributed by atoms with Gasteiger partial charge in [0.15, 0.2) is 0 Å². The lowest BCUT2D eigenvalue weighted by molar-refractivity contribution is 0.443. The minimum Gasteiger partial charge on any atom is -0.508 e. The zero-order chi connectivity index (χ0) is 15.4. The van der Waals surface area contributed by atoms with Gasteiger partial charge in [-0.3, -0.25) is 0 Å². The summed E-state index contributed by atoms with van der Waals surface area (Å²) in [6.45, 7) is 11.0. The van der Waals surface area contributed by atoms with Gasteiger partial charge in [-0.05, 0) is 51.1 Å². The van der Waals surface area contributed by atoms with E-state index in [4.69, 9.17) is 0 Å². The van der Waals surface area contributed by atoms with E-state index in [1.54, 1.807) is 0 Å². The van der Waals surface area contributed by atoms with E-state index in [9.17, 15) is 5.11 Å². The van der Waals surface area contributed by atoms with Crippen LogP contribution in [0.4, 0.5) is 0 Å². The SMILES string of the molecule is CC(C)(C)c1cc2c(cc1O)-c1ccccc1CC2(C)C. The average Bonchev–Trinajstić information content (AvgIpc) is 2.36. The molecule has 0 aromatic heterocycles. The molecule has 0 aliphatic heterocycles. The molecule has 0 saturated heterocycles. The van der Waals surface area contributed by atoms with Gasteiger partial charge in [-0.1, -0.05) is 65.0 Å². The maximum Gasteiger partial charge on any atom is 0.119 e. The van der Waals surface area contributed by atoms with Crippen molar-refractivity contribution in [2.45, 2.75) is 51.9 Å². The van der Waals surface area contributed by atoms with E-state index in [1.807, 2.05) is 6.07 Å². The molecule has 1 nitrogen and oxygen atoms in total. The molecule has 1 N–H and O–H groups in total. The first-order valence-electron chi connectivity index (χ1n) is 7.66. The Morgan fingerprint density at radius 1 is 1.00 bits per heavy atom. The van der Waals surface area contributed by atoms with Gasteiger partial charge in [-0.25, -0.2) is 0 Å². The summed E-state index contributed by atoms with van der Waals surface area (Å²) in [6, 6.07) is 12.7. The fourth-order valence-electron chi connectivity index (χ4n) is 3.48. The van der Waals surface area contributed by atoms with Crippen LogP contribution in [0.3, 0.4) is 0 Å². The standard InChI is InChI=1S/C20H24O/c1-19(2,3)17-11-16-15(10-18(17)21)14-9-7-6-8-13(14)12-20(16,4)5/h6-11,21H,12H2,1-5H3. The van der Waals surface area contributed by atoms with E-state index in [0.717, 1.165) is 12.0 Å². The highest BCUT2D eigenvalue weighted by molar-refractivity contribution is 5.77. The highest BCUT2D eigenvalue weighted by Gasteiger charge is 2.33. The van der Waals surface area contributed by atoms with E-state index in [2.05, 4.69) is 65.0 Å². The van der Waals surface area contributed by atoms with Crippen molar-refractivity contribution < 1.29 is 5.11 Å². The third-order valence-corrected chi connectivity index (χ3v) is 4.61. The molecule has 2 aromatic rings. The Morgan fingerprint density at radius 2 is 1.67 bits per heavy atom. The third-order valence-electron chi connectivity index (χ3n) is 4.61. The van der Waals surface area contributed by atoms with Gasteiger partial charge in [0.2, 0.25) is 0 Å². The van der Waals surface area contributed by atoms with Crippen LogP contribution in [0.15, 0.2) is 36.4 Å². The monoisotopic (exact) mass is 280 g/mol. The second-order valence-electron chi connectivity index (χ2n) is 7.88. The molecule has 0 fully saturated rings. The Morgan fingerprint density at radius 3 is 2.33 bits per heavy atom. The summed E-state index contributed by atoms with van der Waals surface area (Å²) >= 11 is 0. The zero-order valence-electron chi connectivity index (χ0n) is 13.6. The van der Waals surface area contributed by atoms with Crippen molar-refractivity contribution in [3.63, 3.8) is 0 Å². The summed E-state index contributed by atoms with van der Waals surface area (Å²) in [6.07, 6.45) is 1.05. The molecule has 0 bridgehead atoms. The van der Waals surface area contributed by atoms with Gasteiger partial charge >= 0.3 is 0 Å². The molecule has 0 heterocycles. The summed E-state index contributed by atoms with van der Waals surface area (Å²) < 4.78 is 0. The molecule has 0 unspecified atom stereocenters. The molecule has 1 aliphatic rings. The van der Waals surface area contributed by atoms with Gasteiger partial charge in [-0.15, -0.1) is 0 Å². The van der Waals surface area contributed by atoms with E-state index in [-0.39, 0.29) is 10.8 Å². The molecule has 0 radical (unpaired) electrons. The molecular weight excluding hydrogens is 256 g/mol. The fraction of sp³-hybridized carbons (Fsp3) is 0.400. The molecule has 110 valence electrons. The molecule has 0 spiro atoms. The second kappa shape index (κ2) is 4.37. The minimum absolute atomic E-state index is 0.0494. The largest absolute Gasteiger partial charge is 0.508 e. The van der Waals surface area contributed by atoms with Crippen LogP contribution < -0.4 is 0 Å². The van der Waals surface area contributed by atoms with Crippen molar-refractivity contribution in [3.8, 4) is 16.9 Å². The van der Waals surface area contributed by atoms with Crippen LogP contribution in [-0.4, -0.2) is 5.11 Å². The van der Waals surface area contributed by atoms with Gasteiger partial charge < -0.3 is 5.11 Å². The number of rotatable bonds is 0. The van der Waals surface area contributed by atoms with Crippen molar-refractivity contribution in [3.05, 3.63) is 53.1 Å². The first kappa shape index (κ1) is 14.2. The topological polar surface area (TPSA) is 20.2 Å². The molecule has 3 rings (SSSR count). The first-order valence-corrected chi connectivity index (χ1v) is 7.66. The van der Waals surface area contributed by atoms with Gasteiger partial charge in [0.1, 0.15) is 5.75 Å². The van der Waals surface area contributed by atoms with Crippen molar-refractivity contribution in [1.82, 2.24) is 0 Å². The van der Waals surface area contributed by atoms with E-state index >= 15 is 0 Å². The zero-order valence-corrected chi connectivity index (χ0v) is 13.6. The van der Waals surface area contributed by atoms with Gasteiger partial charge in [0.05, 0.1) is 0 Å². The maximum absolute atomic E-state index is 10.5. The lowest BCUT2D eigenvalue weighted by atomic mass is 9.68. The number of hydrogen-bond donors (Lipinski definition) is 1. The Hall–Kier alpha value is -1.76. The quantitative estimate of drug-likeness (QED) is 0.704. The van der Waals surface area contributed by atoms with Crippen LogP contribution in [0, 0.1) is 0 Å². The molecule has 0 atom stereocenters. The predicted molar refractivity (Wildman–Crippen MR) is 89.0 cm³/mol. The van der Waals surface area contributed by atoms with Gasteiger partial charge in [0, 0.05) is 0 Å². The maximum atomic E-state index is 10.5. The normalized spacial score (nSPS) is 16.2. The van der Waals surface area contributed by atoms with Crippen LogP contribution in [0.1, 0.15) is 51.3 Å². The molecule has 1 heteroatoms. The molecule has 21 heavy (non-hydrogen) atoms. The summed E-state index contributed by atoms with van der Waals surface area (Å²) in [5.41, 5.74) is 6.26. The number of aromatic hydroxyl groups is 1. The van der Waals surface area contributed by atoms with Crippen molar-refractivity contribution in [2.24, 2.45) is 0 Å². The highest BCUT2D eigenvalue weighted by Crippen LogP contribution is 2.46. The first-order chi connectivity index (χ1) is 9.70. The van der Waals surface area contributed by atoms with Crippen molar-refractivity contribution >= 4 is 0 Å². The summed E-state index contributed by atoms with van der Waals surface area (Å²) in [7, 11) is 0. The van der Waals surface area contributed by atoms with Crippen LogP contribution >= 0.6 is 0 Å². The summed E-state index contributed by atoms with van der Waals surface area (Å²) in [5.74, 6) is 0.411. The Kier molecular flexibility index (Phi) is 2.95. The molecular formula is C20H24O. The van der Waals surface area contributed by atoms with Crippen LogP contribution in [0.5, 0.6) is 5.75 Å². The number of fused-ring (bicyclic) bond motifs is 3. The number of phenols is 1. The Balaban J connectivity index is 2.32. The van der Waals surface area contributed by atoms with Gasteiger partial charge in [0.25, 0.3) is 0 Å². The molecule has 1 aliphatic carbocycles. The van der Waals surface area contributed by atoms with E-state index in [1.165, 1.54) is 22.3 Å². The highest BCUT2D eigenvalue weighted by atomic mass is 16.3. The van der Waals surface area contributed by atoms with Crippen molar-refractivity contribution in [1.29, 1.82) is 0 Å². The number of hydrogen-bond acceptors (Lipinski definition) is 1. The van der Waals surface area contributed by atoms with Crippen LogP contribution in [0.25, 0.3) is 11.1 Å².